The average molecular weight is 373 g/mol. The van der Waals surface area contributed by atoms with Gasteiger partial charge in [0, 0.05) is 30.7 Å². The number of carbonyl (C=O) groups is 1. The molecule has 1 saturated heterocycles. The summed E-state index contributed by atoms with van der Waals surface area (Å²) in [7, 11) is 5.74. The van der Waals surface area contributed by atoms with E-state index in [1.54, 1.807) is 11.7 Å². The molecule has 0 N–H and O–H groups in total. The van der Waals surface area contributed by atoms with Crippen LogP contribution in [0.4, 0.5) is 4.79 Å². The first-order valence-corrected chi connectivity index (χ1v) is 9.80. The fourth-order valence-corrected chi connectivity index (χ4v) is 3.61. The van der Waals surface area contributed by atoms with Gasteiger partial charge in [0.05, 0.1) is 12.6 Å². The molecule has 27 heavy (non-hydrogen) atoms. The Balaban J connectivity index is 1.73. The molecule has 3 rings (SSSR count). The third kappa shape index (κ3) is 5.02. The number of hydrogen-bond acceptors (Lipinski definition) is 5. The molecule has 1 aliphatic rings. The summed E-state index contributed by atoms with van der Waals surface area (Å²) < 4.78 is 12.6. The number of carbonyl (C=O) groups excluding carboxylic acids is 1. The van der Waals surface area contributed by atoms with Crippen LogP contribution < -0.4 is 4.74 Å². The monoisotopic (exact) mass is 373 g/mol. The van der Waals surface area contributed by atoms with Crippen molar-refractivity contribution in [2.24, 2.45) is 0 Å². The summed E-state index contributed by atoms with van der Waals surface area (Å²) in [5, 5.41) is 1.07. The van der Waals surface area contributed by atoms with E-state index in [0.717, 1.165) is 54.8 Å². The Bertz CT molecular complexity index is 763. The lowest BCUT2D eigenvalue weighted by atomic mass is 10.1. The second-order valence-electron chi connectivity index (χ2n) is 7.48. The van der Waals surface area contributed by atoms with E-state index in [1.165, 1.54) is 19.3 Å². The predicted octanol–water partition coefficient (Wildman–Crippen LogP) is 3.22. The molecule has 0 spiro atoms. The Kier molecular flexibility index (Phi) is 6.74. The molecule has 6 nitrogen and oxygen atoms in total. The SMILES string of the molecule is COc1ccc2c(CCN(C)C)cn(C(=O)OCCN3CCCCC3)c2c1. The van der Waals surface area contributed by atoms with Crippen molar-refractivity contribution in [3.8, 4) is 5.75 Å². The van der Waals surface area contributed by atoms with E-state index in [4.69, 9.17) is 9.47 Å². The van der Waals surface area contributed by atoms with Crippen molar-refractivity contribution in [3.05, 3.63) is 30.0 Å². The minimum absolute atomic E-state index is 0.318. The smallest absolute Gasteiger partial charge is 0.418 e. The maximum Gasteiger partial charge on any atom is 0.418 e. The van der Waals surface area contributed by atoms with Crippen molar-refractivity contribution in [2.75, 3.05) is 54.0 Å². The zero-order chi connectivity index (χ0) is 19.2. The fourth-order valence-electron chi connectivity index (χ4n) is 3.61. The molecule has 0 aliphatic carbocycles. The number of methoxy groups -OCH3 is 1. The summed E-state index contributed by atoms with van der Waals surface area (Å²) in [4.78, 5) is 17.2. The highest BCUT2D eigenvalue weighted by molar-refractivity contribution is 5.92. The highest BCUT2D eigenvalue weighted by atomic mass is 16.5. The molecule has 2 aromatic rings. The first kappa shape index (κ1) is 19.7. The van der Waals surface area contributed by atoms with E-state index in [0.29, 0.717) is 6.61 Å². The van der Waals surface area contributed by atoms with E-state index in [-0.39, 0.29) is 6.09 Å². The van der Waals surface area contributed by atoms with Crippen LogP contribution in [-0.4, -0.2) is 74.5 Å². The molecule has 1 fully saturated rings. The molecular formula is C21H31N3O3. The highest BCUT2D eigenvalue weighted by Crippen LogP contribution is 2.26. The lowest BCUT2D eigenvalue weighted by molar-refractivity contribution is 0.122. The Morgan fingerprint density at radius 3 is 2.67 bits per heavy atom. The number of rotatable bonds is 7. The molecule has 0 bridgehead atoms. The molecule has 1 aromatic carbocycles. The summed E-state index contributed by atoms with van der Waals surface area (Å²) in [6.07, 6.45) is 6.27. The van der Waals surface area contributed by atoms with Gasteiger partial charge in [0.2, 0.25) is 0 Å². The number of nitrogens with zero attached hydrogens (tertiary/aromatic N) is 3. The predicted molar refractivity (Wildman–Crippen MR) is 108 cm³/mol. The molecule has 1 aliphatic heterocycles. The third-order valence-corrected chi connectivity index (χ3v) is 5.20. The number of fused-ring (bicyclic) bond motifs is 1. The van der Waals surface area contributed by atoms with Gasteiger partial charge < -0.3 is 14.4 Å². The number of ether oxygens (including phenoxy) is 2. The molecule has 0 amide bonds. The topological polar surface area (TPSA) is 46.9 Å². The van der Waals surface area contributed by atoms with Gasteiger partial charge in [0.1, 0.15) is 12.4 Å². The van der Waals surface area contributed by atoms with Crippen molar-refractivity contribution in [2.45, 2.75) is 25.7 Å². The van der Waals surface area contributed by atoms with Gasteiger partial charge in [-0.3, -0.25) is 9.47 Å². The number of aromatic nitrogens is 1. The van der Waals surface area contributed by atoms with Gasteiger partial charge in [-0.15, -0.1) is 0 Å². The molecule has 0 atom stereocenters. The van der Waals surface area contributed by atoms with Crippen LogP contribution in [0.3, 0.4) is 0 Å². The van der Waals surface area contributed by atoms with Gasteiger partial charge in [0.25, 0.3) is 0 Å². The molecule has 0 unspecified atom stereocenters. The number of hydrogen-bond donors (Lipinski definition) is 0. The molecule has 1 aromatic heterocycles. The number of benzene rings is 1. The van der Waals surface area contributed by atoms with Gasteiger partial charge in [-0.1, -0.05) is 6.42 Å². The molecule has 148 valence electrons. The number of piperidine rings is 1. The summed E-state index contributed by atoms with van der Waals surface area (Å²) in [6.45, 7) is 4.37. The molecule has 0 saturated carbocycles. The Hall–Kier alpha value is -2.05. The molecule has 6 heteroatoms. The maximum atomic E-state index is 12.7. The van der Waals surface area contributed by atoms with Gasteiger partial charge in [-0.05, 0) is 64.1 Å². The minimum atomic E-state index is -0.318. The third-order valence-electron chi connectivity index (χ3n) is 5.20. The quantitative estimate of drug-likeness (QED) is 0.746. The Labute approximate surface area is 161 Å². The highest BCUT2D eigenvalue weighted by Gasteiger charge is 2.17. The first-order valence-electron chi connectivity index (χ1n) is 9.80. The van der Waals surface area contributed by atoms with Gasteiger partial charge in [-0.25, -0.2) is 4.79 Å². The van der Waals surface area contributed by atoms with Crippen molar-refractivity contribution in [3.63, 3.8) is 0 Å². The van der Waals surface area contributed by atoms with Crippen LogP contribution >= 0.6 is 0 Å². The van der Waals surface area contributed by atoms with Crippen LogP contribution in [0.1, 0.15) is 24.8 Å². The van der Waals surface area contributed by atoms with E-state index in [2.05, 4.69) is 23.9 Å². The van der Waals surface area contributed by atoms with Crippen molar-refractivity contribution < 1.29 is 14.3 Å². The van der Waals surface area contributed by atoms with Gasteiger partial charge in [-0.2, -0.15) is 0 Å². The van der Waals surface area contributed by atoms with Crippen molar-refractivity contribution in [1.82, 2.24) is 14.4 Å². The summed E-state index contributed by atoms with van der Waals surface area (Å²) in [6, 6.07) is 5.87. The summed E-state index contributed by atoms with van der Waals surface area (Å²) in [5.41, 5.74) is 1.99. The summed E-state index contributed by atoms with van der Waals surface area (Å²) in [5.74, 6) is 0.738. The zero-order valence-electron chi connectivity index (χ0n) is 16.7. The standard InChI is InChI=1S/C21H31N3O3/c1-22(2)12-9-17-16-24(20-15-18(26-3)7-8-19(17)20)21(25)27-14-13-23-10-5-4-6-11-23/h7-8,15-16H,4-6,9-14H2,1-3H3. The minimum Gasteiger partial charge on any atom is -0.497 e. The normalized spacial score (nSPS) is 15.4. The van der Waals surface area contributed by atoms with E-state index >= 15 is 0 Å². The van der Waals surface area contributed by atoms with Crippen LogP contribution in [0, 0.1) is 0 Å². The fraction of sp³-hybridized carbons (Fsp3) is 0.571. The second kappa shape index (κ2) is 9.24. The number of likely N-dealkylation sites (N-methyl/N-ethyl adjacent to an activating group) is 1. The molecular weight excluding hydrogens is 342 g/mol. The van der Waals surface area contributed by atoms with Crippen LogP contribution in [0.15, 0.2) is 24.4 Å². The van der Waals surface area contributed by atoms with Crippen molar-refractivity contribution >= 4 is 17.0 Å². The van der Waals surface area contributed by atoms with Gasteiger partial charge >= 0.3 is 6.09 Å². The lowest BCUT2D eigenvalue weighted by Crippen LogP contribution is -2.33. The zero-order valence-corrected chi connectivity index (χ0v) is 16.7. The van der Waals surface area contributed by atoms with E-state index in [1.807, 2.05) is 24.4 Å². The van der Waals surface area contributed by atoms with Crippen molar-refractivity contribution in [1.29, 1.82) is 0 Å². The van der Waals surface area contributed by atoms with E-state index in [9.17, 15) is 4.79 Å². The van der Waals surface area contributed by atoms with Crippen LogP contribution in [0.2, 0.25) is 0 Å². The average Bonchev–Trinajstić information content (AvgIpc) is 3.05. The molecule has 2 heterocycles. The Morgan fingerprint density at radius 2 is 1.96 bits per heavy atom. The van der Waals surface area contributed by atoms with E-state index < -0.39 is 0 Å². The van der Waals surface area contributed by atoms with Crippen LogP contribution in [-0.2, 0) is 11.2 Å². The number of likely N-dealkylation sites (tertiary alicyclic amines) is 1. The lowest BCUT2D eigenvalue weighted by Gasteiger charge is -2.25. The van der Waals surface area contributed by atoms with Crippen LogP contribution in [0.5, 0.6) is 5.75 Å². The Morgan fingerprint density at radius 1 is 1.19 bits per heavy atom. The van der Waals surface area contributed by atoms with Gasteiger partial charge in [0.15, 0.2) is 0 Å². The maximum absolute atomic E-state index is 12.7. The summed E-state index contributed by atoms with van der Waals surface area (Å²) >= 11 is 0. The largest absolute Gasteiger partial charge is 0.497 e. The second-order valence-corrected chi connectivity index (χ2v) is 7.48. The first-order chi connectivity index (χ1) is 13.1. The van der Waals surface area contributed by atoms with Crippen LogP contribution in [0.25, 0.3) is 10.9 Å². The molecule has 0 radical (unpaired) electrons.